The molecule has 0 saturated heterocycles. The number of allylic oxidation sites excluding steroid dienone is 1. The summed E-state index contributed by atoms with van der Waals surface area (Å²) in [7, 11) is 3.17. The highest BCUT2D eigenvalue weighted by molar-refractivity contribution is 6.09. The number of esters is 1. The normalized spacial score (nSPS) is 27.6. The van der Waals surface area contributed by atoms with E-state index in [1.54, 1.807) is 44.6 Å². The molecule has 6 nitrogen and oxygen atoms in total. The Morgan fingerprint density at radius 2 is 1.54 bits per heavy atom. The summed E-state index contributed by atoms with van der Waals surface area (Å²) in [6.07, 6.45) is 13.7. The molecule has 4 saturated carbocycles. The number of hydrogen-bond donors (Lipinski definition) is 0. The van der Waals surface area contributed by atoms with Crippen LogP contribution in [0.3, 0.4) is 0 Å². The van der Waals surface area contributed by atoms with Crippen LogP contribution in [-0.4, -0.2) is 31.6 Å². The Labute approximate surface area is 230 Å². The van der Waals surface area contributed by atoms with Gasteiger partial charge in [-0.2, -0.15) is 0 Å². The number of carbonyl (C=O) groups excluding carboxylic acids is 2. The minimum Gasteiger partial charge on any atom is -0.496 e. The van der Waals surface area contributed by atoms with Crippen LogP contribution in [0.5, 0.6) is 23.0 Å². The van der Waals surface area contributed by atoms with E-state index in [0.29, 0.717) is 46.3 Å². The molecule has 2 aromatic carbocycles. The largest absolute Gasteiger partial charge is 0.496 e. The first kappa shape index (κ1) is 25.7. The smallest absolute Gasteiger partial charge is 0.317 e. The van der Waals surface area contributed by atoms with Crippen LogP contribution in [0.25, 0.3) is 12.2 Å². The van der Waals surface area contributed by atoms with Crippen molar-refractivity contribution >= 4 is 23.9 Å². The molecule has 0 aromatic heterocycles. The zero-order valence-corrected chi connectivity index (χ0v) is 23.1. The first-order chi connectivity index (χ1) is 18.7. The molecule has 0 spiro atoms. The predicted octanol–water partition coefficient (Wildman–Crippen LogP) is 6.91. The lowest BCUT2D eigenvalue weighted by Gasteiger charge is -2.55. The molecule has 1 aliphatic heterocycles. The van der Waals surface area contributed by atoms with Crippen molar-refractivity contribution in [3.05, 3.63) is 59.2 Å². The molecule has 5 aliphatic rings. The summed E-state index contributed by atoms with van der Waals surface area (Å²) in [6, 6.07) is 8.90. The summed E-state index contributed by atoms with van der Waals surface area (Å²) in [5.41, 5.74) is 1.04. The number of hydrogen-bond acceptors (Lipinski definition) is 6. The molecule has 0 atom stereocenters. The Bertz CT molecular complexity index is 1350. The quantitative estimate of drug-likeness (QED) is 0.168. The molecular weight excluding hydrogens is 492 g/mol. The molecule has 0 N–H and O–H groups in total. The molecule has 1 heterocycles. The maximum atomic E-state index is 13.6. The average Bonchev–Trinajstić information content (AvgIpc) is 2.90. The second-order valence-corrected chi connectivity index (χ2v) is 12.3. The highest BCUT2D eigenvalue weighted by Crippen LogP contribution is 2.60. The van der Waals surface area contributed by atoms with Gasteiger partial charge in [0.15, 0.2) is 17.3 Å². The SMILES string of the molecule is COc1ccc(C=CC(=O)c2ccc(OC)c3c2OC(C)(C)C=C3)cc1OC(=O)C12CC3CC(CC(C3)C1)C2. The van der Waals surface area contributed by atoms with Gasteiger partial charge < -0.3 is 18.9 Å². The van der Waals surface area contributed by atoms with Gasteiger partial charge in [0.25, 0.3) is 0 Å². The Kier molecular flexibility index (Phi) is 6.32. The molecule has 39 heavy (non-hydrogen) atoms. The number of carbonyl (C=O) groups is 2. The van der Waals surface area contributed by atoms with Crippen molar-refractivity contribution in [1.29, 1.82) is 0 Å². The number of methoxy groups -OCH3 is 2. The van der Waals surface area contributed by atoms with Crippen molar-refractivity contribution in [2.45, 2.75) is 58.0 Å². The van der Waals surface area contributed by atoms with E-state index in [1.165, 1.54) is 25.3 Å². The maximum Gasteiger partial charge on any atom is 0.317 e. The van der Waals surface area contributed by atoms with E-state index in [2.05, 4.69) is 0 Å². The van der Waals surface area contributed by atoms with Crippen LogP contribution in [0.2, 0.25) is 0 Å². The summed E-state index contributed by atoms with van der Waals surface area (Å²) in [5.74, 6) is 3.69. The van der Waals surface area contributed by atoms with Gasteiger partial charge in [0.05, 0.1) is 30.8 Å². The molecule has 0 radical (unpaired) electrons. The molecule has 0 amide bonds. The van der Waals surface area contributed by atoms with E-state index >= 15 is 0 Å². The fourth-order valence-electron chi connectivity index (χ4n) is 7.51. The number of ketones is 1. The van der Waals surface area contributed by atoms with Crippen LogP contribution in [0.4, 0.5) is 0 Å². The van der Waals surface area contributed by atoms with Gasteiger partial charge in [0.2, 0.25) is 0 Å². The Morgan fingerprint density at radius 3 is 2.18 bits per heavy atom. The molecular formula is C33H36O6. The third-order valence-electron chi connectivity index (χ3n) is 8.95. The van der Waals surface area contributed by atoms with Gasteiger partial charge in [-0.3, -0.25) is 9.59 Å². The van der Waals surface area contributed by atoms with Crippen molar-refractivity contribution in [2.24, 2.45) is 23.2 Å². The van der Waals surface area contributed by atoms with Gasteiger partial charge in [-0.05, 0) is 118 Å². The second-order valence-electron chi connectivity index (χ2n) is 12.3. The fourth-order valence-corrected chi connectivity index (χ4v) is 7.51. The van der Waals surface area contributed by atoms with E-state index in [-0.39, 0.29) is 17.2 Å². The Hall–Kier alpha value is -3.54. The predicted molar refractivity (Wildman–Crippen MR) is 149 cm³/mol. The van der Waals surface area contributed by atoms with Crippen molar-refractivity contribution in [1.82, 2.24) is 0 Å². The molecule has 7 rings (SSSR count). The topological polar surface area (TPSA) is 71.1 Å². The van der Waals surface area contributed by atoms with Crippen molar-refractivity contribution < 1.29 is 28.5 Å². The van der Waals surface area contributed by atoms with Gasteiger partial charge >= 0.3 is 5.97 Å². The zero-order valence-electron chi connectivity index (χ0n) is 23.1. The average molecular weight is 529 g/mol. The van der Waals surface area contributed by atoms with Gasteiger partial charge in [0.1, 0.15) is 17.1 Å². The van der Waals surface area contributed by atoms with Crippen molar-refractivity contribution in [3.8, 4) is 23.0 Å². The number of fused-ring (bicyclic) bond motifs is 1. The van der Waals surface area contributed by atoms with E-state index in [0.717, 1.165) is 30.4 Å². The molecule has 4 fully saturated rings. The summed E-state index contributed by atoms with van der Waals surface area (Å²) < 4.78 is 23.2. The monoisotopic (exact) mass is 528 g/mol. The molecule has 204 valence electrons. The highest BCUT2D eigenvalue weighted by Gasteiger charge is 2.55. The lowest BCUT2D eigenvalue weighted by atomic mass is 9.49. The van der Waals surface area contributed by atoms with Gasteiger partial charge in [-0.15, -0.1) is 0 Å². The number of ether oxygens (including phenoxy) is 4. The Balaban J connectivity index is 1.23. The van der Waals surface area contributed by atoms with E-state index in [1.807, 2.05) is 32.1 Å². The summed E-state index contributed by atoms with van der Waals surface area (Å²) in [5, 5.41) is 0. The third kappa shape index (κ3) is 4.75. The summed E-state index contributed by atoms with van der Waals surface area (Å²) in [6.45, 7) is 3.89. The van der Waals surface area contributed by atoms with Crippen LogP contribution >= 0.6 is 0 Å². The number of rotatable bonds is 7. The minimum absolute atomic E-state index is 0.130. The summed E-state index contributed by atoms with van der Waals surface area (Å²) in [4.78, 5) is 26.9. The minimum atomic E-state index is -0.538. The van der Waals surface area contributed by atoms with E-state index in [9.17, 15) is 9.59 Å². The van der Waals surface area contributed by atoms with Crippen LogP contribution in [0, 0.1) is 23.2 Å². The molecule has 4 aliphatic carbocycles. The van der Waals surface area contributed by atoms with E-state index in [4.69, 9.17) is 18.9 Å². The Morgan fingerprint density at radius 1 is 0.897 bits per heavy atom. The first-order valence-electron chi connectivity index (χ1n) is 13.9. The molecule has 0 unspecified atom stereocenters. The van der Waals surface area contributed by atoms with Crippen molar-refractivity contribution in [2.75, 3.05) is 14.2 Å². The third-order valence-corrected chi connectivity index (χ3v) is 8.95. The van der Waals surface area contributed by atoms with E-state index < -0.39 is 5.60 Å². The molecule has 6 heteroatoms. The first-order valence-corrected chi connectivity index (χ1v) is 13.9. The maximum absolute atomic E-state index is 13.6. The zero-order chi connectivity index (χ0) is 27.4. The van der Waals surface area contributed by atoms with Gasteiger partial charge in [-0.25, -0.2) is 0 Å². The lowest BCUT2D eigenvalue weighted by Crippen LogP contribution is -2.51. The fraction of sp³-hybridized carbons (Fsp3) is 0.455. The highest BCUT2D eigenvalue weighted by atomic mass is 16.6. The van der Waals surface area contributed by atoms with Gasteiger partial charge in [-0.1, -0.05) is 12.1 Å². The summed E-state index contributed by atoms with van der Waals surface area (Å²) >= 11 is 0. The van der Waals surface area contributed by atoms with Crippen LogP contribution in [0.1, 0.15) is 73.9 Å². The lowest BCUT2D eigenvalue weighted by molar-refractivity contribution is -0.161. The van der Waals surface area contributed by atoms with Crippen molar-refractivity contribution in [3.63, 3.8) is 0 Å². The number of benzene rings is 2. The standard InChI is InChI=1S/C33H36O6/c1-32(2)12-11-25-27(36-3)10-7-24(30(25)39-32)26(34)8-5-20-6-9-28(37-4)29(16-20)38-31(35)33-17-21-13-22(18-33)15-23(14-21)19-33/h5-12,16,21-23H,13-15,17-19H2,1-4H3. The van der Waals surface area contributed by atoms with Crippen LogP contribution < -0.4 is 18.9 Å². The molecule has 2 aromatic rings. The van der Waals surface area contributed by atoms with Crippen LogP contribution in [-0.2, 0) is 4.79 Å². The molecule has 4 bridgehead atoms. The van der Waals surface area contributed by atoms with Gasteiger partial charge in [0, 0.05) is 0 Å². The van der Waals surface area contributed by atoms with Crippen LogP contribution in [0.15, 0.2) is 42.5 Å². The second kappa shape index (κ2) is 9.58.